The van der Waals surface area contributed by atoms with Crippen molar-refractivity contribution in [3.8, 4) is 5.75 Å². The Balaban J connectivity index is 2.39. The van der Waals surface area contributed by atoms with Gasteiger partial charge in [-0.1, -0.05) is 23.4 Å². The molecule has 7 heteroatoms. The zero-order chi connectivity index (χ0) is 15.4. The van der Waals surface area contributed by atoms with Crippen LogP contribution in [0.3, 0.4) is 0 Å². The maximum atomic E-state index is 6.12. The van der Waals surface area contributed by atoms with Gasteiger partial charge < -0.3 is 15.4 Å². The number of aryl methyl sites for hydroxylation is 1. The summed E-state index contributed by atoms with van der Waals surface area (Å²) in [4.78, 5) is 8.77. The van der Waals surface area contributed by atoms with Crippen LogP contribution in [-0.2, 0) is 0 Å². The second-order valence-electron chi connectivity index (χ2n) is 4.30. The van der Waals surface area contributed by atoms with Crippen LogP contribution >= 0.6 is 23.4 Å². The summed E-state index contributed by atoms with van der Waals surface area (Å²) >= 11 is 7.60. The Kier molecular flexibility index (Phi) is 5.14. The lowest BCUT2D eigenvalue weighted by molar-refractivity contribution is 0.416. The first-order chi connectivity index (χ1) is 10.1. The monoisotopic (exact) mass is 324 g/mol. The van der Waals surface area contributed by atoms with Gasteiger partial charge in [-0.3, -0.25) is 0 Å². The fraction of sp³-hybridized carbons (Fsp3) is 0.286. The molecule has 0 spiro atoms. The van der Waals surface area contributed by atoms with Crippen LogP contribution in [0, 0.1) is 6.92 Å². The first-order valence-corrected chi connectivity index (χ1v) is 7.89. The molecule has 1 aromatic heterocycles. The van der Waals surface area contributed by atoms with E-state index in [1.807, 2.05) is 32.4 Å². The smallest absolute Gasteiger partial charge is 0.191 e. The van der Waals surface area contributed by atoms with Gasteiger partial charge in [0.05, 0.1) is 12.8 Å². The largest absolute Gasteiger partial charge is 0.495 e. The minimum Gasteiger partial charge on any atom is -0.495 e. The number of thioether (sulfide) groups is 1. The number of aromatic nitrogens is 2. The maximum absolute atomic E-state index is 6.12. The average Bonchev–Trinajstić information content (AvgIpc) is 2.50. The first-order valence-electron chi connectivity index (χ1n) is 6.29. The molecular formula is C14H17ClN4OS. The van der Waals surface area contributed by atoms with E-state index in [9.17, 15) is 0 Å². The molecule has 112 valence electrons. The summed E-state index contributed by atoms with van der Waals surface area (Å²) < 4.78 is 5.36. The second-order valence-corrected chi connectivity index (χ2v) is 5.48. The Bertz CT molecular complexity index is 629. The Hall–Kier alpha value is -1.66. The number of ether oxygens (including phenoxy) is 1. The highest BCUT2D eigenvalue weighted by molar-refractivity contribution is 7.98. The van der Waals surface area contributed by atoms with Crippen LogP contribution in [0.2, 0.25) is 5.02 Å². The van der Waals surface area contributed by atoms with E-state index in [1.165, 1.54) is 11.8 Å². The van der Waals surface area contributed by atoms with Crippen LogP contribution in [0.15, 0.2) is 23.4 Å². The summed E-state index contributed by atoms with van der Waals surface area (Å²) in [6, 6.07) is 5.55. The molecule has 0 amide bonds. The summed E-state index contributed by atoms with van der Waals surface area (Å²) in [7, 11) is 3.43. The van der Waals surface area contributed by atoms with Crippen LogP contribution in [0.1, 0.15) is 5.56 Å². The molecule has 0 saturated carbocycles. The predicted octanol–water partition coefficient (Wildman–Crippen LogP) is 3.95. The molecule has 2 rings (SSSR count). The zero-order valence-electron chi connectivity index (χ0n) is 12.3. The summed E-state index contributed by atoms with van der Waals surface area (Å²) in [6.07, 6.45) is 1.94. The van der Waals surface area contributed by atoms with Gasteiger partial charge in [-0.15, -0.1) is 0 Å². The minimum atomic E-state index is 0.667. The summed E-state index contributed by atoms with van der Waals surface area (Å²) in [6.45, 7) is 1.94. The molecule has 21 heavy (non-hydrogen) atoms. The van der Waals surface area contributed by atoms with Crippen molar-refractivity contribution >= 4 is 40.7 Å². The maximum Gasteiger partial charge on any atom is 0.191 e. The number of anilines is 3. The third-order valence-electron chi connectivity index (χ3n) is 2.89. The van der Waals surface area contributed by atoms with Crippen molar-refractivity contribution in [2.75, 3.05) is 31.0 Å². The van der Waals surface area contributed by atoms with E-state index in [4.69, 9.17) is 16.3 Å². The van der Waals surface area contributed by atoms with E-state index in [1.54, 1.807) is 13.2 Å². The molecule has 1 heterocycles. The van der Waals surface area contributed by atoms with Crippen molar-refractivity contribution < 1.29 is 4.74 Å². The Morgan fingerprint density at radius 1 is 1.19 bits per heavy atom. The molecule has 0 aliphatic carbocycles. The quantitative estimate of drug-likeness (QED) is 0.641. The topological polar surface area (TPSA) is 59.1 Å². The van der Waals surface area contributed by atoms with Crippen molar-refractivity contribution in [2.45, 2.75) is 12.1 Å². The molecule has 0 saturated heterocycles. The number of benzene rings is 1. The van der Waals surface area contributed by atoms with E-state index in [2.05, 4.69) is 20.6 Å². The van der Waals surface area contributed by atoms with Crippen LogP contribution in [0.4, 0.5) is 17.3 Å². The Morgan fingerprint density at radius 2 is 1.90 bits per heavy atom. The predicted molar refractivity (Wildman–Crippen MR) is 89.4 cm³/mol. The van der Waals surface area contributed by atoms with Gasteiger partial charge in [-0.2, -0.15) is 0 Å². The lowest BCUT2D eigenvalue weighted by Gasteiger charge is -2.13. The minimum absolute atomic E-state index is 0.667. The van der Waals surface area contributed by atoms with Crippen molar-refractivity contribution in [3.63, 3.8) is 0 Å². The first kappa shape index (κ1) is 15.7. The summed E-state index contributed by atoms with van der Waals surface area (Å²) in [5.74, 6) is 2.11. The van der Waals surface area contributed by atoms with Gasteiger partial charge in [0, 0.05) is 24.2 Å². The molecule has 0 bridgehead atoms. The van der Waals surface area contributed by atoms with Crippen LogP contribution in [0.5, 0.6) is 5.75 Å². The number of hydrogen-bond acceptors (Lipinski definition) is 6. The summed E-state index contributed by atoms with van der Waals surface area (Å²) in [5, 5.41) is 7.63. The Morgan fingerprint density at radius 3 is 2.52 bits per heavy atom. The highest BCUT2D eigenvalue weighted by Crippen LogP contribution is 2.33. The second kappa shape index (κ2) is 6.87. The summed E-state index contributed by atoms with van der Waals surface area (Å²) in [5.41, 5.74) is 1.78. The molecule has 0 unspecified atom stereocenters. The number of methoxy groups -OCH3 is 1. The molecular weight excluding hydrogens is 308 g/mol. The van der Waals surface area contributed by atoms with E-state index in [0.29, 0.717) is 21.7 Å². The molecule has 0 radical (unpaired) electrons. The van der Waals surface area contributed by atoms with Gasteiger partial charge in [-0.05, 0) is 24.8 Å². The molecule has 2 N–H and O–H groups in total. The number of hydrogen-bond donors (Lipinski definition) is 2. The van der Waals surface area contributed by atoms with E-state index in [0.717, 1.165) is 17.1 Å². The third kappa shape index (κ3) is 3.71. The molecule has 0 atom stereocenters. The van der Waals surface area contributed by atoms with Crippen LogP contribution in [0.25, 0.3) is 0 Å². The number of rotatable bonds is 5. The van der Waals surface area contributed by atoms with Gasteiger partial charge in [0.25, 0.3) is 0 Å². The molecule has 0 aliphatic rings. The normalized spacial score (nSPS) is 10.3. The van der Waals surface area contributed by atoms with E-state index in [-0.39, 0.29) is 0 Å². The van der Waals surface area contributed by atoms with Gasteiger partial charge in [0.2, 0.25) is 0 Å². The molecule has 2 aromatic rings. The lowest BCUT2D eigenvalue weighted by atomic mass is 10.2. The fourth-order valence-corrected chi connectivity index (χ4v) is 2.31. The highest BCUT2D eigenvalue weighted by Gasteiger charge is 2.09. The molecule has 5 nitrogen and oxygen atoms in total. The van der Waals surface area contributed by atoms with Crippen LogP contribution in [-0.4, -0.2) is 30.4 Å². The molecule has 0 fully saturated rings. The van der Waals surface area contributed by atoms with Crippen molar-refractivity contribution in [2.24, 2.45) is 0 Å². The van der Waals surface area contributed by atoms with Gasteiger partial charge in [-0.25, -0.2) is 9.97 Å². The number of halogens is 1. The molecule has 1 aromatic carbocycles. The lowest BCUT2D eigenvalue weighted by Crippen LogP contribution is -2.02. The highest BCUT2D eigenvalue weighted by atomic mass is 35.5. The van der Waals surface area contributed by atoms with Gasteiger partial charge in [0.1, 0.15) is 17.4 Å². The van der Waals surface area contributed by atoms with Crippen molar-refractivity contribution in [1.29, 1.82) is 0 Å². The SMILES string of the molecule is CNc1cc(Nc2cc(C)c(Cl)cc2OC)nc(SC)n1. The zero-order valence-corrected chi connectivity index (χ0v) is 13.9. The Labute approximate surface area is 133 Å². The molecule has 0 aliphatic heterocycles. The third-order valence-corrected chi connectivity index (χ3v) is 3.84. The van der Waals surface area contributed by atoms with Gasteiger partial charge in [0.15, 0.2) is 5.16 Å². The fourth-order valence-electron chi connectivity index (χ4n) is 1.78. The van der Waals surface area contributed by atoms with Gasteiger partial charge >= 0.3 is 0 Å². The van der Waals surface area contributed by atoms with E-state index < -0.39 is 0 Å². The standard InChI is InChI=1S/C14H17ClN4OS/c1-8-5-10(11(20-3)6-9(8)15)17-13-7-12(16-2)18-14(19-13)21-4/h5-7H,1-4H3,(H2,16,17,18,19). The number of nitrogens with zero attached hydrogens (tertiary/aromatic N) is 2. The van der Waals surface area contributed by atoms with Crippen LogP contribution < -0.4 is 15.4 Å². The van der Waals surface area contributed by atoms with Crippen molar-refractivity contribution in [3.05, 3.63) is 28.8 Å². The van der Waals surface area contributed by atoms with E-state index >= 15 is 0 Å². The average molecular weight is 325 g/mol. The van der Waals surface area contributed by atoms with Crippen molar-refractivity contribution in [1.82, 2.24) is 9.97 Å². The number of nitrogens with one attached hydrogen (secondary N) is 2.